The average Bonchev–Trinajstić information content (AvgIpc) is 2.76. The number of alkyl halides is 3. The van der Waals surface area contributed by atoms with E-state index in [4.69, 9.17) is 11.6 Å². The summed E-state index contributed by atoms with van der Waals surface area (Å²) in [5.74, 6) is 0.391. The molecule has 114 valence electrons. The number of aryl methyl sites for hydroxylation is 1. The molecule has 0 atom stereocenters. The van der Waals surface area contributed by atoms with E-state index in [0.717, 1.165) is 12.5 Å². The van der Waals surface area contributed by atoms with Crippen molar-refractivity contribution in [3.8, 4) is 5.69 Å². The molecule has 0 aliphatic heterocycles. The quantitative estimate of drug-likeness (QED) is 0.887. The fourth-order valence-electron chi connectivity index (χ4n) is 1.99. The molecule has 0 spiro atoms. The lowest BCUT2D eigenvalue weighted by Crippen LogP contribution is -2.13. The molecule has 0 aliphatic carbocycles. The summed E-state index contributed by atoms with van der Waals surface area (Å²) in [5, 5.41) is 3.07. The molecule has 2 aromatic rings. The van der Waals surface area contributed by atoms with Crippen LogP contribution < -0.4 is 5.32 Å². The molecule has 1 aromatic carbocycles. The summed E-state index contributed by atoms with van der Waals surface area (Å²) in [6, 6.07) is 3.71. The number of imidazole rings is 1. The number of rotatable bonds is 4. The Kier molecular flexibility index (Phi) is 4.46. The highest BCUT2D eigenvalue weighted by atomic mass is 35.5. The van der Waals surface area contributed by atoms with Gasteiger partial charge >= 0.3 is 6.18 Å². The zero-order chi connectivity index (χ0) is 15.6. The van der Waals surface area contributed by atoms with Gasteiger partial charge in [-0.3, -0.25) is 4.57 Å². The van der Waals surface area contributed by atoms with Crippen LogP contribution in [0.15, 0.2) is 24.4 Å². The minimum atomic E-state index is -4.49. The lowest BCUT2D eigenvalue weighted by atomic mass is 10.1. The number of nitrogens with zero attached hydrogens (tertiary/aromatic N) is 2. The van der Waals surface area contributed by atoms with E-state index in [1.54, 1.807) is 13.1 Å². The molecule has 3 nitrogen and oxygen atoms in total. The van der Waals surface area contributed by atoms with E-state index < -0.39 is 11.7 Å². The summed E-state index contributed by atoms with van der Waals surface area (Å²) in [4.78, 5) is 4.22. The number of aromatic nitrogens is 2. The summed E-state index contributed by atoms with van der Waals surface area (Å²) < 4.78 is 41.0. The molecule has 0 radical (unpaired) electrons. The zero-order valence-electron chi connectivity index (χ0n) is 11.6. The molecule has 1 aromatic heterocycles. The fourth-order valence-corrected chi connectivity index (χ4v) is 2.16. The third-order valence-corrected chi connectivity index (χ3v) is 3.12. The molecule has 0 aliphatic rings. The van der Waals surface area contributed by atoms with Crippen molar-refractivity contribution in [2.45, 2.75) is 26.4 Å². The molecular formula is C14H15ClF3N3. The number of hydrogen-bond donors (Lipinski definition) is 1. The van der Waals surface area contributed by atoms with Crippen LogP contribution in [0.25, 0.3) is 5.69 Å². The topological polar surface area (TPSA) is 29.9 Å². The van der Waals surface area contributed by atoms with Crippen LogP contribution in [0.4, 0.5) is 19.1 Å². The van der Waals surface area contributed by atoms with Gasteiger partial charge in [-0.15, -0.1) is 0 Å². The summed E-state index contributed by atoms with van der Waals surface area (Å²) in [6.45, 7) is 4.33. The van der Waals surface area contributed by atoms with Crippen LogP contribution in [-0.2, 0) is 6.18 Å². The summed E-state index contributed by atoms with van der Waals surface area (Å²) in [7, 11) is 0. The Morgan fingerprint density at radius 2 is 2.05 bits per heavy atom. The van der Waals surface area contributed by atoms with Crippen molar-refractivity contribution >= 4 is 17.5 Å². The molecule has 0 saturated heterocycles. The highest BCUT2D eigenvalue weighted by molar-refractivity contribution is 6.30. The van der Waals surface area contributed by atoms with Crippen LogP contribution in [0.3, 0.4) is 0 Å². The van der Waals surface area contributed by atoms with Crippen molar-refractivity contribution < 1.29 is 13.2 Å². The first-order valence-electron chi connectivity index (χ1n) is 6.50. The lowest BCUT2D eigenvalue weighted by Gasteiger charge is -2.16. The van der Waals surface area contributed by atoms with E-state index in [9.17, 15) is 13.2 Å². The Labute approximate surface area is 125 Å². The Bertz CT molecular complexity index is 635. The Morgan fingerprint density at radius 1 is 1.33 bits per heavy atom. The highest BCUT2D eigenvalue weighted by Gasteiger charge is 2.34. The number of anilines is 1. The van der Waals surface area contributed by atoms with E-state index in [2.05, 4.69) is 10.3 Å². The molecular weight excluding hydrogens is 303 g/mol. The molecule has 0 saturated carbocycles. The maximum absolute atomic E-state index is 13.2. The molecule has 0 amide bonds. The largest absolute Gasteiger partial charge is 0.418 e. The molecule has 0 unspecified atom stereocenters. The predicted molar refractivity (Wildman–Crippen MR) is 77.1 cm³/mol. The molecule has 21 heavy (non-hydrogen) atoms. The summed E-state index contributed by atoms with van der Waals surface area (Å²) in [5.41, 5.74) is -0.144. The molecule has 1 heterocycles. The second-order valence-corrected chi connectivity index (χ2v) is 5.10. The van der Waals surface area contributed by atoms with Crippen molar-refractivity contribution in [2.24, 2.45) is 0 Å². The van der Waals surface area contributed by atoms with Gasteiger partial charge in [0, 0.05) is 17.8 Å². The lowest BCUT2D eigenvalue weighted by molar-refractivity contribution is -0.137. The van der Waals surface area contributed by atoms with Gasteiger partial charge in [0.15, 0.2) is 0 Å². The van der Waals surface area contributed by atoms with E-state index in [-0.39, 0.29) is 10.7 Å². The summed E-state index contributed by atoms with van der Waals surface area (Å²) in [6.07, 6.45) is -2.07. The molecule has 1 N–H and O–H groups in total. The van der Waals surface area contributed by atoms with Crippen LogP contribution >= 0.6 is 11.6 Å². The third kappa shape index (κ3) is 3.50. The number of benzene rings is 1. The normalized spacial score (nSPS) is 11.7. The molecule has 2 rings (SSSR count). The number of hydrogen-bond acceptors (Lipinski definition) is 2. The first kappa shape index (κ1) is 15.7. The van der Waals surface area contributed by atoms with Crippen LogP contribution in [0.1, 0.15) is 24.6 Å². The van der Waals surface area contributed by atoms with Crippen LogP contribution in [0.2, 0.25) is 5.02 Å². The van der Waals surface area contributed by atoms with Gasteiger partial charge in [-0.25, -0.2) is 4.98 Å². The van der Waals surface area contributed by atoms with E-state index in [0.29, 0.717) is 18.2 Å². The van der Waals surface area contributed by atoms with Crippen molar-refractivity contribution in [3.63, 3.8) is 0 Å². The number of nitrogens with one attached hydrogen (secondary N) is 1. The van der Waals surface area contributed by atoms with E-state index >= 15 is 0 Å². The standard InChI is InChI=1S/C14H15ClF3N3/c1-3-6-19-13-20-9(2)8-21(13)12-5-4-10(15)7-11(12)14(16,17)18/h4-5,7-8H,3,6H2,1-2H3,(H,19,20). The van der Waals surface area contributed by atoms with Crippen LogP contribution in [0.5, 0.6) is 0 Å². The average molecular weight is 318 g/mol. The predicted octanol–water partition coefficient (Wildman–Crippen LogP) is 4.67. The second kappa shape index (κ2) is 5.97. The highest BCUT2D eigenvalue weighted by Crippen LogP contribution is 2.36. The Balaban J connectivity index is 2.56. The van der Waals surface area contributed by atoms with Crippen molar-refractivity contribution in [2.75, 3.05) is 11.9 Å². The monoisotopic (exact) mass is 317 g/mol. The van der Waals surface area contributed by atoms with Gasteiger partial charge in [-0.1, -0.05) is 18.5 Å². The maximum Gasteiger partial charge on any atom is 0.418 e. The second-order valence-electron chi connectivity index (χ2n) is 4.66. The first-order chi connectivity index (χ1) is 9.82. The van der Waals surface area contributed by atoms with E-state index in [1.807, 2.05) is 6.92 Å². The van der Waals surface area contributed by atoms with Crippen LogP contribution in [0, 0.1) is 6.92 Å². The van der Waals surface area contributed by atoms with Gasteiger partial charge in [0.25, 0.3) is 0 Å². The molecule has 0 fully saturated rings. The molecule has 0 bridgehead atoms. The van der Waals surface area contributed by atoms with Gasteiger partial charge < -0.3 is 5.32 Å². The Morgan fingerprint density at radius 3 is 2.67 bits per heavy atom. The fraction of sp³-hybridized carbons (Fsp3) is 0.357. The SMILES string of the molecule is CCCNc1nc(C)cn1-c1ccc(Cl)cc1C(F)(F)F. The van der Waals surface area contributed by atoms with Gasteiger partial charge in [0.2, 0.25) is 5.95 Å². The van der Waals surface area contributed by atoms with Crippen LogP contribution in [-0.4, -0.2) is 16.1 Å². The smallest absolute Gasteiger partial charge is 0.355 e. The minimum Gasteiger partial charge on any atom is -0.355 e. The minimum absolute atomic E-state index is 0.00565. The van der Waals surface area contributed by atoms with Gasteiger partial charge in [-0.2, -0.15) is 13.2 Å². The van der Waals surface area contributed by atoms with Crippen molar-refractivity contribution in [1.29, 1.82) is 0 Å². The third-order valence-electron chi connectivity index (χ3n) is 2.88. The van der Waals surface area contributed by atoms with Crippen molar-refractivity contribution in [1.82, 2.24) is 9.55 Å². The first-order valence-corrected chi connectivity index (χ1v) is 6.87. The van der Waals surface area contributed by atoms with Gasteiger partial charge in [0.1, 0.15) is 0 Å². The van der Waals surface area contributed by atoms with E-state index in [1.165, 1.54) is 16.7 Å². The van der Waals surface area contributed by atoms with Crippen molar-refractivity contribution in [3.05, 3.63) is 40.7 Å². The zero-order valence-corrected chi connectivity index (χ0v) is 12.4. The van der Waals surface area contributed by atoms with Gasteiger partial charge in [0.05, 0.1) is 16.9 Å². The summed E-state index contributed by atoms with van der Waals surface area (Å²) >= 11 is 5.70. The maximum atomic E-state index is 13.2. The molecule has 7 heteroatoms. The van der Waals surface area contributed by atoms with Gasteiger partial charge in [-0.05, 0) is 31.5 Å². The Hall–Kier alpha value is -1.69. The number of halogens is 4.